The summed E-state index contributed by atoms with van der Waals surface area (Å²) < 4.78 is 5.20. The smallest absolute Gasteiger partial charge is 0.244 e. The molecule has 0 radical (unpaired) electrons. The van der Waals surface area contributed by atoms with Crippen LogP contribution in [-0.2, 0) is 16.0 Å². The molecule has 0 saturated carbocycles. The molecule has 1 aromatic heterocycles. The zero-order valence-corrected chi connectivity index (χ0v) is 14.0. The minimum atomic E-state index is -0.518. The van der Waals surface area contributed by atoms with Crippen molar-refractivity contribution in [2.75, 3.05) is 14.1 Å². The lowest BCUT2D eigenvalue weighted by Gasteiger charge is -2.23. The summed E-state index contributed by atoms with van der Waals surface area (Å²) in [5.74, 6) is -0.0287. The van der Waals surface area contributed by atoms with Gasteiger partial charge < -0.3 is 14.7 Å². The van der Waals surface area contributed by atoms with Gasteiger partial charge in [0.2, 0.25) is 11.8 Å². The number of carbonyl (C=O) groups excluding carboxylic acids is 2. The number of fused-ring (bicyclic) bond motifs is 1. The number of aromatic nitrogens is 1. The Bertz CT molecular complexity index is 691. The molecule has 0 aliphatic carbocycles. The molecule has 124 valence electrons. The third kappa shape index (κ3) is 4.31. The zero-order valence-electron chi connectivity index (χ0n) is 14.0. The molecule has 1 aromatic carbocycles. The lowest BCUT2D eigenvalue weighted by atomic mass is 10.0. The fourth-order valence-corrected chi connectivity index (χ4v) is 2.47. The number of nitrogens with one attached hydrogen (secondary N) is 1. The van der Waals surface area contributed by atoms with E-state index in [1.807, 2.05) is 32.0 Å². The maximum atomic E-state index is 12.3. The highest BCUT2D eigenvalue weighted by Crippen LogP contribution is 2.18. The van der Waals surface area contributed by atoms with Crippen LogP contribution in [-0.4, -0.2) is 42.0 Å². The van der Waals surface area contributed by atoms with Gasteiger partial charge in [-0.1, -0.05) is 31.1 Å². The molecule has 0 aliphatic rings. The molecule has 0 fully saturated rings. The summed E-state index contributed by atoms with van der Waals surface area (Å²) in [5.41, 5.74) is 1.23. The van der Waals surface area contributed by atoms with Gasteiger partial charge in [0.15, 0.2) is 5.58 Å². The molecule has 2 aromatic rings. The Labute approximate surface area is 135 Å². The molecule has 0 saturated heterocycles. The Morgan fingerprint density at radius 2 is 1.96 bits per heavy atom. The number of carbonyl (C=O) groups is 2. The van der Waals surface area contributed by atoms with Crippen LogP contribution in [0.1, 0.15) is 26.0 Å². The molecule has 0 spiro atoms. The van der Waals surface area contributed by atoms with Gasteiger partial charge in [-0.2, -0.15) is 0 Å². The predicted octanol–water partition coefficient (Wildman–Crippen LogP) is 1.99. The van der Waals surface area contributed by atoms with Gasteiger partial charge in [0, 0.05) is 19.5 Å². The maximum Gasteiger partial charge on any atom is 0.244 e. The number of nitrogens with zero attached hydrogens (tertiary/aromatic N) is 2. The molecule has 0 aliphatic heterocycles. The van der Waals surface area contributed by atoms with Gasteiger partial charge in [-0.15, -0.1) is 0 Å². The number of para-hydroxylation sites is 1. The molecule has 1 atom stereocenters. The molecule has 1 N–H and O–H groups in total. The van der Waals surface area contributed by atoms with Crippen molar-refractivity contribution in [3.05, 3.63) is 30.0 Å². The molecular formula is C17H23N3O3. The normalized spacial score (nSPS) is 12.4. The summed E-state index contributed by atoms with van der Waals surface area (Å²) in [6.07, 6.45) is 0.689. The van der Waals surface area contributed by atoms with Gasteiger partial charge in [-0.05, 0) is 24.5 Å². The van der Waals surface area contributed by atoms with Gasteiger partial charge in [-0.3, -0.25) is 9.59 Å². The maximum absolute atomic E-state index is 12.3. The summed E-state index contributed by atoms with van der Waals surface area (Å²) in [5, 5.41) is 7.59. The first-order valence-electron chi connectivity index (χ1n) is 7.72. The molecule has 6 heteroatoms. The summed E-state index contributed by atoms with van der Waals surface area (Å²) in [6.45, 7) is 4.04. The van der Waals surface area contributed by atoms with Crippen molar-refractivity contribution in [3.63, 3.8) is 0 Å². The summed E-state index contributed by atoms with van der Waals surface area (Å²) in [6, 6.07) is 6.88. The first-order chi connectivity index (χ1) is 10.9. The van der Waals surface area contributed by atoms with Crippen LogP contribution in [0.5, 0.6) is 0 Å². The molecule has 0 unspecified atom stereocenters. The number of rotatable bonds is 6. The summed E-state index contributed by atoms with van der Waals surface area (Å²) in [4.78, 5) is 26.0. The molecule has 2 rings (SSSR count). The van der Waals surface area contributed by atoms with Crippen molar-refractivity contribution in [2.24, 2.45) is 5.92 Å². The van der Waals surface area contributed by atoms with Crippen LogP contribution in [0.25, 0.3) is 11.0 Å². The van der Waals surface area contributed by atoms with Crippen LogP contribution in [0.4, 0.5) is 0 Å². The topological polar surface area (TPSA) is 75.4 Å². The standard InChI is InChI=1S/C17H23N3O3/c1-11(2)9-14(17(22)20(3)4)18-16(21)10-13-12-7-5-6-8-15(12)23-19-13/h5-8,11,14H,9-10H2,1-4H3,(H,18,21)/t14-/m1/s1. The molecule has 23 heavy (non-hydrogen) atoms. The molecular weight excluding hydrogens is 294 g/mol. The Morgan fingerprint density at radius 3 is 2.61 bits per heavy atom. The Hall–Kier alpha value is -2.37. The Kier molecular flexibility index (Phi) is 5.36. The number of likely N-dealkylation sites (N-methyl/N-ethyl adjacent to an activating group) is 1. The van der Waals surface area contributed by atoms with Gasteiger partial charge in [0.25, 0.3) is 0 Å². The van der Waals surface area contributed by atoms with Crippen molar-refractivity contribution < 1.29 is 14.1 Å². The van der Waals surface area contributed by atoms with E-state index in [2.05, 4.69) is 10.5 Å². The minimum Gasteiger partial charge on any atom is -0.356 e. The van der Waals surface area contributed by atoms with Crippen LogP contribution in [0.15, 0.2) is 28.8 Å². The first-order valence-corrected chi connectivity index (χ1v) is 7.72. The van der Waals surface area contributed by atoms with Crippen LogP contribution >= 0.6 is 0 Å². The number of hydrogen-bond donors (Lipinski definition) is 1. The van der Waals surface area contributed by atoms with E-state index in [-0.39, 0.29) is 18.2 Å². The van der Waals surface area contributed by atoms with E-state index in [0.717, 1.165) is 5.39 Å². The highest BCUT2D eigenvalue weighted by molar-refractivity contribution is 5.90. The van der Waals surface area contributed by atoms with E-state index < -0.39 is 6.04 Å². The quantitative estimate of drug-likeness (QED) is 0.884. The van der Waals surface area contributed by atoms with Gasteiger partial charge in [0.05, 0.1) is 6.42 Å². The molecule has 0 bridgehead atoms. The average molecular weight is 317 g/mol. The minimum absolute atomic E-state index is 0.0896. The molecule has 2 amide bonds. The molecule has 1 heterocycles. The second-order valence-electron chi connectivity index (χ2n) is 6.28. The second kappa shape index (κ2) is 7.26. The van der Waals surface area contributed by atoms with Crippen molar-refractivity contribution >= 4 is 22.8 Å². The van der Waals surface area contributed by atoms with Gasteiger partial charge in [0.1, 0.15) is 11.7 Å². The van der Waals surface area contributed by atoms with E-state index in [4.69, 9.17) is 4.52 Å². The monoisotopic (exact) mass is 317 g/mol. The predicted molar refractivity (Wildman–Crippen MR) is 87.8 cm³/mol. The molecule has 6 nitrogen and oxygen atoms in total. The third-order valence-electron chi connectivity index (χ3n) is 3.56. The number of benzene rings is 1. The van der Waals surface area contributed by atoms with Crippen LogP contribution in [0.3, 0.4) is 0 Å². The average Bonchev–Trinajstić information content (AvgIpc) is 2.88. The Balaban J connectivity index is 2.08. The van der Waals surface area contributed by atoms with Gasteiger partial charge >= 0.3 is 0 Å². The van der Waals surface area contributed by atoms with E-state index >= 15 is 0 Å². The van der Waals surface area contributed by atoms with E-state index in [9.17, 15) is 9.59 Å². The van der Waals surface area contributed by atoms with E-state index in [0.29, 0.717) is 23.6 Å². The van der Waals surface area contributed by atoms with Crippen LogP contribution in [0, 0.1) is 5.92 Å². The second-order valence-corrected chi connectivity index (χ2v) is 6.28. The SMILES string of the molecule is CC(C)C[C@@H](NC(=O)Cc1noc2ccccc12)C(=O)N(C)C. The summed E-state index contributed by atoms with van der Waals surface area (Å²) >= 11 is 0. The number of amides is 2. The summed E-state index contributed by atoms with van der Waals surface area (Å²) in [7, 11) is 3.37. The lowest BCUT2D eigenvalue weighted by Crippen LogP contribution is -2.47. The Morgan fingerprint density at radius 1 is 1.26 bits per heavy atom. The largest absolute Gasteiger partial charge is 0.356 e. The lowest BCUT2D eigenvalue weighted by molar-refractivity contribution is -0.134. The van der Waals surface area contributed by atoms with Crippen molar-refractivity contribution in [1.82, 2.24) is 15.4 Å². The van der Waals surface area contributed by atoms with E-state index in [1.165, 1.54) is 4.90 Å². The van der Waals surface area contributed by atoms with Crippen molar-refractivity contribution in [2.45, 2.75) is 32.7 Å². The zero-order chi connectivity index (χ0) is 17.0. The van der Waals surface area contributed by atoms with E-state index in [1.54, 1.807) is 20.2 Å². The van der Waals surface area contributed by atoms with Crippen molar-refractivity contribution in [1.29, 1.82) is 0 Å². The fourth-order valence-electron chi connectivity index (χ4n) is 2.47. The van der Waals surface area contributed by atoms with Crippen LogP contribution < -0.4 is 5.32 Å². The van der Waals surface area contributed by atoms with Gasteiger partial charge in [-0.25, -0.2) is 0 Å². The third-order valence-corrected chi connectivity index (χ3v) is 3.56. The first kappa shape index (κ1) is 17.0. The van der Waals surface area contributed by atoms with Crippen molar-refractivity contribution in [3.8, 4) is 0 Å². The highest BCUT2D eigenvalue weighted by Gasteiger charge is 2.24. The fraction of sp³-hybridized carbons (Fsp3) is 0.471. The highest BCUT2D eigenvalue weighted by atomic mass is 16.5. The van der Waals surface area contributed by atoms with Crippen LogP contribution in [0.2, 0.25) is 0 Å². The number of hydrogen-bond acceptors (Lipinski definition) is 4.